The number of hydrogen-bond acceptors (Lipinski definition) is 14. The fraction of sp³-hybridized carbons (Fsp3) is 0.722. The number of Topliss-reactive ketones (excluding diaryl/α,β-unsaturated/α-hetero) is 1. The number of carbonyl (C=O) groups excluding carboxylic acids is 1. The Morgan fingerprint density at radius 3 is 2.22 bits per heavy atom. The molecule has 0 spiro atoms. The van der Waals surface area contributed by atoms with Crippen LogP contribution in [-0.4, -0.2) is 142 Å². The van der Waals surface area contributed by atoms with Gasteiger partial charge in [0, 0.05) is 0 Å². The summed E-state index contributed by atoms with van der Waals surface area (Å²) < 4.78 is 10.2. The highest BCUT2D eigenvalue weighted by Crippen LogP contribution is 2.40. The number of ketones is 1. The lowest BCUT2D eigenvalue weighted by Gasteiger charge is -2.47. The summed E-state index contributed by atoms with van der Waals surface area (Å²) in [6, 6.07) is 0. The van der Waals surface area contributed by atoms with Crippen molar-refractivity contribution in [1.82, 2.24) is 0 Å². The Labute approximate surface area is 180 Å². The smallest absolute Gasteiger partial charge is 0.208 e. The zero-order valence-corrected chi connectivity index (χ0v) is 16.3. The normalized spacial score (nSPS) is 46.7. The number of allylic oxidation sites excluding steroid dienone is 1. The van der Waals surface area contributed by atoms with Gasteiger partial charge in [-0.2, -0.15) is 0 Å². The third-order valence-electron chi connectivity index (χ3n) is 5.90. The number of rotatable bonds is 4. The summed E-state index contributed by atoms with van der Waals surface area (Å²) in [5.41, 5.74) is -4.26. The van der Waals surface area contributed by atoms with E-state index in [1.165, 1.54) is 0 Å². The van der Waals surface area contributed by atoms with Gasteiger partial charge in [0.15, 0.2) is 5.78 Å². The first-order valence-corrected chi connectivity index (χ1v) is 9.55. The Bertz CT molecular complexity index is 795. The van der Waals surface area contributed by atoms with Crippen LogP contribution in [0, 0.1) is 6.08 Å². The Balaban J connectivity index is 2.03. The van der Waals surface area contributed by atoms with Crippen molar-refractivity contribution in [3.63, 3.8) is 0 Å². The highest BCUT2D eigenvalue weighted by Gasteiger charge is 2.60. The number of aliphatic hydroxyl groups excluding tert-OH is 10. The lowest BCUT2D eigenvalue weighted by molar-refractivity contribution is -0.265. The van der Waals surface area contributed by atoms with Crippen molar-refractivity contribution in [2.45, 2.75) is 66.6 Å². The zero-order valence-electron chi connectivity index (χ0n) is 16.3. The van der Waals surface area contributed by atoms with Crippen molar-refractivity contribution in [2.24, 2.45) is 0 Å². The van der Waals surface area contributed by atoms with Gasteiger partial charge < -0.3 is 65.6 Å². The molecule has 3 rings (SSSR count). The number of aliphatic hydroxyl groups is 11. The lowest BCUT2D eigenvalue weighted by atomic mass is 9.76. The summed E-state index contributed by atoms with van der Waals surface area (Å²) in [4.78, 5) is 12.4. The van der Waals surface area contributed by atoms with Crippen molar-refractivity contribution in [2.75, 3.05) is 13.2 Å². The van der Waals surface area contributed by atoms with E-state index >= 15 is 0 Å². The van der Waals surface area contributed by atoms with Crippen LogP contribution in [0.25, 0.3) is 0 Å². The van der Waals surface area contributed by atoms with Crippen molar-refractivity contribution < 1.29 is 70.4 Å². The van der Waals surface area contributed by atoms with E-state index in [9.17, 15) is 61.0 Å². The molecule has 0 bridgehead atoms. The van der Waals surface area contributed by atoms with Crippen LogP contribution in [0.3, 0.4) is 0 Å². The van der Waals surface area contributed by atoms with Gasteiger partial charge in [-0.1, -0.05) is 0 Å². The van der Waals surface area contributed by atoms with Crippen LogP contribution < -0.4 is 0 Å². The molecule has 2 fully saturated rings. The molecule has 0 saturated carbocycles. The second-order valence-electron chi connectivity index (χ2n) is 7.87. The minimum atomic E-state index is -3.20. The van der Waals surface area contributed by atoms with Gasteiger partial charge in [-0.15, -0.1) is 0 Å². The van der Waals surface area contributed by atoms with Crippen LogP contribution >= 0.6 is 0 Å². The number of hydrogen-bond donors (Lipinski definition) is 11. The van der Waals surface area contributed by atoms with Crippen LogP contribution in [0.5, 0.6) is 0 Å². The molecule has 2 aliphatic heterocycles. The molecule has 0 aromatic heterocycles. The van der Waals surface area contributed by atoms with E-state index in [2.05, 4.69) is 0 Å². The molecular weight excluding hydrogens is 440 g/mol. The molecule has 2 saturated heterocycles. The third-order valence-corrected chi connectivity index (χ3v) is 5.90. The van der Waals surface area contributed by atoms with Crippen molar-refractivity contribution in [3.05, 3.63) is 23.2 Å². The molecule has 11 N–H and O–H groups in total. The average Bonchev–Trinajstić information content (AvgIpc) is 2.74. The Kier molecular flexibility index (Phi) is 6.95. The third kappa shape index (κ3) is 3.72. The summed E-state index contributed by atoms with van der Waals surface area (Å²) in [6.07, 6.45) is -17.3. The molecule has 11 atom stereocenters. The largest absolute Gasteiger partial charge is 0.508 e. The molecule has 7 unspecified atom stereocenters. The van der Waals surface area contributed by atoms with Crippen LogP contribution in [-0.2, 0) is 14.3 Å². The van der Waals surface area contributed by atoms with Crippen LogP contribution in [0.15, 0.2) is 17.1 Å². The molecule has 32 heavy (non-hydrogen) atoms. The van der Waals surface area contributed by atoms with Crippen LogP contribution in [0.4, 0.5) is 0 Å². The van der Waals surface area contributed by atoms with Crippen LogP contribution in [0.1, 0.15) is 0 Å². The van der Waals surface area contributed by atoms with E-state index in [0.29, 0.717) is 0 Å². The predicted molar refractivity (Wildman–Crippen MR) is 96.5 cm³/mol. The van der Waals surface area contributed by atoms with Crippen molar-refractivity contribution in [3.8, 4) is 0 Å². The predicted octanol–water partition coefficient (Wildman–Crippen LogP) is -5.96. The second kappa shape index (κ2) is 8.92. The molecule has 1 aliphatic carbocycles. The monoisotopic (exact) mass is 465 g/mol. The minimum absolute atomic E-state index is 0.566. The molecular formula is C18H25O14. The van der Waals surface area contributed by atoms with E-state index in [0.717, 1.165) is 0 Å². The molecule has 2 heterocycles. The molecule has 0 aromatic carbocycles. The van der Waals surface area contributed by atoms with Gasteiger partial charge in [-0.25, -0.2) is 0 Å². The first kappa shape index (κ1) is 24.9. The average molecular weight is 465 g/mol. The number of carbonyl (C=O) groups is 1. The minimum Gasteiger partial charge on any atom is -0.508 e. The summed E-state index contributed by atoms with van der Waals surface area (Å²) in [6.45, 7) is -1.48. The van der Waals surface area contributed by atoms with Crippen LogP contribution in [0.2, 0.25) is 0 Å². The molecule has 14 nitrogen and oxygen atoms in total. The Morgan fingerprint density at radius 1 is 1.00 bits per heavy atom. The van der Waals surface area contributed by atoms with Gasteiger partial charge in [0.1, 0.15) is 72.6 Å². The van der Waals surface area contributed by atoms with Gasteiger partial charge in [0.05, 0.1) is 24.9 Å². The molecule has 181 valence electrons. The standard InChI is InChI=1S/C18H25O14/c19-2-6-10(24)12(26)14(28)17(32-6)18(30)7(22)1-4(20)8(16(18)29)11(25)15-13(27)9(23)5(21)3-31-15/h5-6,9-15,17,19,21-30H,2-3H2/t5?,6-,9?,10-,11?,12+,13?,14-,15?,17?,18?/m1/s1. The van der Waals surface area contributed by atoms with E-state index in [1.807, 2.05) is 0 Å². The summed E-state index contributed by atoms with van der Waals surface area (Å²) >= 11 is 0. The molecule has 14 heteroatoms. The van der Waals surface area contributed by atoms with Gasteiger partial charge in [0.2, 0.25) is 5.60 Å². The fourth-order valence-electron chi connectivity index (χ4n) is 3.96. The first-order chi connectivity index (χ1) is 14.9. The van der Waals surface area contributed by atoms with E-state index < -0.39 is 103 Å². The SMILES string of the molecule is O=C1[C]=C(O)C(O)(C2O[C@H](CO)[C@@H](O)[C@H](O)[C@H]2O)C(O)=C1C(O)C1OCC(O)C(O)C1O. The fourth-order valence-corrected chi connectivity index (χ4v) is 3.96. The van der Waals surface area contributed by atoms with E-state index in [4.69, 9.17) is 9.47 Å². The zero-order chi connectivity index (χ0) is 24.1. The van der Waals surface area contributed by atoms with Crippen molar-refractivity contribution in [1.29, 1.82) is 0 Å². The topological polar surface area (TPSA) is 258 Å². The second-order valence-corrected chi connectivity index (χ2v) is 7.87. The lowest BCUT2D eigenvalue weighted by Crippen LogP contribution is -2.67. The molecule has 0 aromatic rings. The van der Waals surface area contributed by atoms with Gasteiger partial charge in [-0.3, -0.25) is 4.79 Å². The van der Waals surface area contributed by atoms with Gasteiger partial charge in [0.25, 0.3) is 0 Å². The van der Waals surface area contributed by atoms with E-state index in [1.54, 1.807) is 6.08 Å². The Morgan fingerprint density at radius 2 is 1.62 bits per heavy atom. The highest BCUT2D eigenvalue weighted by atomic mass is 16.6. The maximum absolute atomic E-state index is 12.4. The first-order valence-electron chi connectivity index (χ1n) is 9.55. The maximum Gasteiger partial charge on any atom is 0.208 e. The maximum atomic E-state index is 12.4. The molecule has 1 radical (unpaired) electrons. The molecule has 3 aliphatic rings. The number of ether oxygens (including phenoxy) is 2. The summed E-state index contributed by atoms with van der Waals surface area (Å²) in [5, 5.41) is 111. The van der Waals surface area contributed by atoms with E-state index in [-0.39, 0.29) is 0 Å². The van der Waals surface area contributed by atoms with Gasteiger partial charge in [-0.05, 0) is 0 Å². The summed E-state index contributed by atoms with van der Waals surface area (Å²) in [7, 11) is 0. The quantitative estimate of drug-likeness (QED) is 0.185. The van der Waals surface area contributed by atoms with Crippen molar-refractivity contribution >= 4 is 5.78 Å². The summed E-state index contributed by atoms with van der Waals surface area (Å²) in [5.74, 6) is -4.20. The molecule has 0 amide bonds. The highest BCUT2D eigenvalue weighted by molar-refractivity contribution is 6.04. The van der Waals surface area contributed by atoms with Gasteiger partial charge >= 0.3 is 0 Å². The Hall–Kier alpha value is -1.69.